The summed E-state index contributed by atoms with van der Waals surface area (Å²) in [4.78, 5) is 22.4. The van der Waals surface area contributed by atoms with E-state index in [1.54, 1.807) is 41.6 Å². The molecule has 4 aromatic rings. The van der Waals surface area contributed by atoms with Crippen molar-refractivity contribution in [2.75, 3.05) is 19.5 Å². The molecule has 0 saturated heterocycles. The van der Waals surface area contributed by atoms with Crippen LogP contribution in [0.25, 0.3) is 5.78 Å². The van der Waals surface area contributed by atoms with Crippen molar-refractivity contribution in [3.63, 3.8) is 0 Å². The summed E-state index contributed by atoms with van der Waals surface area (Å²) in [6.07, 6.45) is 3.41. The highest BCUT2D eigenvalue weighted by molar-refractivity contribution is 7.99. The fourth-order valence-electron chi connectivity index (χ4n) is 3.20. The number of benzene rings is 2. The quantitative estimate of drug-likeness (QED) is 0.396. The molecule has 2 heterocycles. The smallest absolute Gasteiger partial charge is 0.255 e. The summed E-state index contributed by atoms with van der Waals surface area (Å²) in [5, 5.41) is 8.13. The molecule has 8 nitrogen and oxygen atoms in total. The van der Waals surface area contributed by atoms with Crippen LogP contribution >= 0.6 is 11.8 Å². The lowest BCUT2D eigenvalue weighted by atomic mass is 10.2. The molecule has 0 atom stereocenters. The molecule has 9 heteroatoms. The number of fused-ring (bicyclic) bond motifs is 1. The van der Waals surface area contributed by atoms with Crippen LogP contribution in [0.15, 0.2) is 64.8 Å². The molecular weight excluding hydrogens is 426 g/mol. The summed E-state index contributed by atoms with van der Waals surface area (Å²) in [6.45, 7) is 2.12. The molecule has 164 valence electrons. The number of nitrogens with zero attached hydrogens (tertiary/aromatic N) is 4. The van der Waals surface area contributed by atoms with Crippen molar-refractivity contribution >= 4 is 29.1 Å². The third kappa shape index (κ3) is 4.67. The molecule has 0 aliphatic heterocycles. The Morgan fingerprint density at radius 3 is 2.56 bits per heavy atom. The van der Waals surface area contributed by atoms with Gasteiger partial charge in [0.05, 0.1) is 14.2 Å². The number of anilines is 1. The van der Waals surface area contributed by atoms with E-state index in [4.69, 9.17) is 9.47 Å². The van der Waals surface area contributed by atoms with Crippen LogP contribution in [0.2, 0.25) is 0 Å². The minimum absolute atomic E-state index is 0.228. The van der Waals surface area contributed by atoms with E-state index in [0.29, 0.717) is 28.5 Å². The summed E-state index contributed by atoms with van der Waals surface area (Å²) in [5.41, 5.74) is 2.17. The molecule has 0 bridgehead atoms. The number of hydrogen-bond acceptors (Lipinski definition) is 7. The topological polar surface area (TPSA) is 90.6 Å². The van der Waals surface area contributed by atoms with Crippen molar-refractivity contribution in [1.82, 2.24) is 19.6 Å². The van der Waals surface area contributed by atoms with E-state index in [9.17, 15) is 4.79 Å². The van der Waals surface area contributed by atoms with Gasteiger partial charge in [-0.25, -0.2) is 4.98 Å². The third-order valence-electron chi connectivity index (χ3n) is 4.76. The number of aryl methyl sites for hydroxylation is 1. The predicted octanol–water partition coefficient (Wildman–Crippen LogP) is 4.50. The number of methoxy groups -OCH3 is 2. The van der Waals surface area contributed by atoms with Crippen molar-refractivity contribution in [2.45, 2.75) is 29.7 Å². The number of aromatic nitrogens is 4. The highest BCUT2D eigenvalue weighted by Gasteiger charge is 2.12. The van der Waals surface area contributed by atoms with Crippen LogP contribution < -0.4 is 14.8 Å². The van der Waals surface area contributed by atoms with Crippen LogP contribution in [-0.2, 0) is 6.42 Å². The first kappa shape index (κ1) is 21.6. The number of rotatable bonds is 8. The standard InChI is InChI=1S/C23H23N5O3S/c1-4-5-17-13-21(28-23(27-17)24-14-25-28)32-18-9-7-16(8-10-18)26-22(29)15-6-11-19(30-2)20(12-15)31-3/h6-14H,4-5H2,1-3H3,(H,26,29). The molecule has 32 heavy (non-hydrogen) atoms. The van der Waals surface area contributed by atoms with Crippen LogP contribution in [-0.4, -0.2) is 39.7 Å². The highest BCUT2D eigenvalue weighted by atomic mass is 32.2. The van der Waals surface area contributed by atoms with Crippen molar-refractivity contribution in [3.05, 3.63) is 66.1 Å². The number of ether oxygens (including phenoxy) is 2. The molecule has 0 aliphatic carbocycles. The lowest BCUT2D eigenvalue weighted by Gasteiger charge is -2.10. The largest absolute Gasteiger partial charge is 0.493 e. The fourth-order valence-corrected chi connectivity index (χ4v) is 4.12. The molecule has 0 spiro atoms. The van der Waals surface area contributed by atoms with E-state index in [0.717, 1.165) is 28.5 Å². The van der Waals surface area contributed by atoms with Crippen molar-refractivity contribution < 1.29 is 14.3 Å². The van der Waals surface area contributed by atoms with Gasteiger partial charge >= 0.3 is 0 Å². The average Bonchev–Trinajstić information content (AvgIpc) is 3.29. The number of amides is 1. The van der Waals surface area contributed by atoms with E-state index >= 15 is 0 Å². The lowest BCUT2D eigenvalue weighted by molar-refractivity contribution is 0.102. The Morgan fingerprint density at radius 1 is 1.06 bits per heavy atom. The first-order chi connectivity index (χ1) is 15.6. The van der Waals surface area contributed by atoms with Gasteiger partial charge in [-0.15, -0.1) is 0 Å². The zero-order valence-corrected chi connectivity index (χ0v) is 18.8. The second-order valence-electron chi connectivity index (χ2n) is 6.96. The SMILES string of the molecule is CCCc1cc(Sc2ccc(NC(=O)c3ccc(OC)c(OC)c3)cc2)n2ncnc2n1. The van der Waals surface area contributed by atoms with Crippen molar-refractivity contribution in [2.24, 2.45) is 0 Å². The van der Waals surface area contributed by atoms with Gasteiger partial charge < -0.3 is 14.8 Å². The number of carbonyl (C=O) groups excluding carboxylic acids is 1. The maximum Gasteiger partial charge on any atom is 0.255 e. The minimum atomic E-state index is -0.228. The normalized spacial score (nSPS) is 10.8. The Kier molecular flexibility index (Phi) is 6.55. The molecule has 0 saturated carbocycles. The molecule has 1 amide bonds. The van der Waals surface area contributed by atoms with Gasteiger partial charge in [0.2, 0.25) is 0 Å². The van der Waals surface area contributed by atoms with Crippen molar-refractivity contribution in [1.29, 1.82) is 0 Å². The molecule has 0 fully saturated rings. The zero-order chi connectivity index (χ0) is 22.5. The number of nitrogens with one attached hydrogen (secondary N) is 1. The fraction of sp³-hybridized carbons (Fsp3) is 0.217. The molecule has 2 aromatic heterocycles. The summed E-state index contributed by atoms with van der Waals surface area (Å²) < 4.78 is 12.2. The van der Waals surface area contributed by atoms with E-state index in [-0.39, 0.29) is 5.91 Å². The second kappa shape index (κ2) is 9.69. The first-order valence-electron chi connectivity index (χ1n) is 10.1. The van der Waals surface area contributed by atoms with Gasteiger partial charge in [-0.3, -0.25) is 4.79 Å². The third-order valence-corrected chi connectivity index (χ3v) is 5.77. The maximum absolute atomic E-state index is 12.6. The first-order valence-corrected chi connectivity index (χ1v) is 10.9. The van der Waals surface area contributed by atoms with E-state index in [2.05, 4.69) is 27.3 Å². The van der Waals surface area contributed by atoms with Gasteiger partial charge in [0, 0.05) is 21.8 Å². The maximum atomic E-state index is 12.6. The monoisotopic (exact) mass is 449 g/mol. The number of hydrogen-bond donors (Lipinski definition) is 1. The molecule has 1 N–H and O–H groups in total. The molecule has 0 unspecified atom stereocenters. The summed E-state index contributed by atoms with van der Waals surface area (Å²) in [5.74, 6) is 1.45. The second-order valence-corrected chi connectivity index (χ2v) is 8.05. The van der Waals surface area contributed by atoms with Crippen LogP contribution in [0.5, 0.6) is 11.5 Å². The Hall–Kier alpha value is -3.59. The van der Waals surface area contributed by atoms with E-state index < -0.39 is 0 Å². The Balaban J connectivity index is 1.49. The van der Waals surface area contributed by atoms with Gasteiger partial charge in [-0.1, -0.05) is 25.1 Å². The van der Waals surface area contributed by atoms with Crippen LogP contribution in [0.1, 0.15) is 29.4 Å². The van der Waals surface area contributed by atoms with E-state index in [1.165, 1.54) is 13.4 Å². The van der Waals surface area contributed by atoms with Crippen molar-refractivity contribution in [3.8, 4) is 11.5 Å². The Bertz CT molecular complexity index is 1240. The van der Waals surface area contributed by atoms with Gasteiger partial charge in [0.1, 0.15) is 11.4 Å². The van der Waals surface area contributed by atoms with Gasteiger partial charge in [0.25, 0.3) is 11.7 Å². The Labute approximate surface area is 190 Å². The molecule has 0 aliphatic rings. The zero-order valence-electron chi connectivity index (χ0n) is 18.0. The van der Waals surface area contributed by atoms with Crippen LogP contribution in [0.4, 0.5) is 5.69 Å². The summed E-state index contributed by atoms with van der Waals surface area (Å²) in [7, 11) is 3.10. The molecule has 0 radical (unpaired) electrons. The highest BCUT2D eigenvalue weighted by Crippen LogP contribution is 2.30. The lowest BCUT2D eigenvalue weighted by Crippen LogP contribution is -2.12. The Morgan fingerprint density at radius 2 is 1.84 bits per heavy atom. The van der Waals surface area contributed by atoms with E-state index in [1.807, 2.05) is 30.3 Å². The van der Waals surface area contributed by atoms with Gasteiger partial charge in [-0.2, -0.15) is 14.6 Å². The molecule has 2 aromatic carbocycles. The molecular formula is C23H23N5O3S. The van der Waals surface area contributed by atoms with Gasteiger partial charge in [-0.05, 0) is 55.0 Å². The average molecular weight is 450 g/mol. The van der Waals surface area contributed by atoms with Gasteiger partial charge in [0.15, 0.2) is 11.5 Å². The molecule has 4 rings (SSSR count). The van der Waals surface area contributed by atoms with Crippen LogP contribution in [0.3, 0.4) is 0 Å². The predicted molar refractivity (Wildman–Crippen MR) is 123 cm³/mol. The minimum Gasteiger partial charge on any atom is -0.493 e. The van der Waals surface area contributed by atoms with Crippen LogP contribution in [0, 0.1) is 0 Å². The number of carbonyl (C=O) groups is 1. The summed E-state index contributed by atoms with van der Waals surface area (Å²) >= 11 is 1.57. The summed E-state index contributed by atoms with van der Waals surface area (Å²) in [6, 6.07) is 14.7.